The van der Waals surface area contributed by atoms with Gasteiger partial charge in [-0.25, -0.2) is 8.78 Å². The summed E-state index contributed by atoms with van der Waals surface area (Å²) in [6.07, 6.45) is -1.15. The number of allylic oxidation sites excluding steroid dienone is 11. The average molecular weight is 356 g/mol. The summed E-state index contributed by atoms with van der Waals surface area (Å²) in [7, 11) is 0. The minimum Gasteiger partial charge on any atom is -0.509 e. The van der Waals surface area contributed by atoms with Crippen molar-refractivity contribution in [2.45, 2.75) is 6.18 Å². The molecule has 1 N–H and O–H groups in total. The summed E-state index contributed by atoms with van der Waals surface area (Å²) in [5, 5.41) is 8.92. The molecule has 0 aliphatic heterocycles. The highest BCUT2D eigenvalue weighted by Crippen LogP contribution is 2.32. The molecule has 6 heteroatoms. The molecule has 0 atom stereocenters. The maximum atomic E-state index is 14.1. The highest BCUT2D eigenvalue weighted by molar-refractivity contribution is 5.53. The van der Waals surface area contributed by atoms with Gasteiger partial charge in [0.1, 0.15) is 17.4 Å². The SMILES string of the molecule is C=C(O)/C=C\C(=C)C(=C)/C=C(/F)C(=C)C(=C)/C=C(/F)C(=C)C(F)(F)F. The lowest BCUT2D eigenvalue weighted by atomic mass is 10.0. The molecule has 0 spiro atoms. The quantitative estimate of drug-likeness (QED) is 0.293. The molecule has 0 unspecified atom stereocenters. The Bertz CT molecular complexity index is 727. The molecule has 0 saturated carbocycles. The molecule has 0 aliphatic rings. The average Bonchev–Trinajstić information content (AvgIpc) is 2.49. The van der Waals surface area contributed by atoms with E-state index in [1.165, 1.54) is 12.2 Å². The van der Waals surface area contributed by atoms with Gasteiger partial charge in [0.15, 0.2) is 0 Å². The molecular formula is C19H17F5O. The molecule has 0 amide bonds. The van der Waals surface area contributed by atoms with Gasteiger partial charge in [-0.1, -0.05) is 45.5 Å². The van der Waals surface area contributed by atoms with Crippen LogP contribution < -0.4 is 0 Å². The van der Waals surface area contributed by atoms with Crippen LogP contribution in [0.5, 0.6) is 0 Å². The van der Waals surface area contributed by atoms with E-state index in [1.54, 1.807) is 0 Å². The van der Waals surface area contributed by atoms with Gasteiger partial charge in [-0.15, -0.1) is 0 Å². The molecule has 0 fully saturated rings. The zero-order valence-corrected chi connectivity index (χ0v) is 13.4. The van der Waals surface area contributed by atoms with Gasteiger partial charge in [0.25, 0.3) is 0 Å². The fourth-order valence-electron chi connectivity index (χ4n) is 1.25. The molecule has 0 saturated heterocycles. The molecule has 25 heavy (non-hydrogen) atoms. The van der Waals surface area contributed by atoms with Crippen LogP contribution >= 0.6 is 0 Å². The Morgan fingerprint density at radius 1 is 0.720 bits per heavy atom. The van der Waals surface area contributed by atoms with Gasteiger partial charge in [-0.2, -0.15) is 13.2 Å². The molecule has 0 rings (SSSR count). The zero-order valence-electron chi connectivity index (χ0n) is 13.4. The van der Waals surface area contributed by atoms with Crippen molar-refractivity contribution in [2.24, 2.45) is 0 Å². The van der Waals surface area contributed by atoms with E-state index in [1.807, 2.05) is 0 Å². The first-order valence-corrected chi connectivity index (χ1v) is 6.61. The second kappa shape index (κ2) is 8.82. The second-order valence-corrected chi connectivity index (χ2v) is 4.84. The van der Waals surface area contributed by atoms with Crippen LogP contribution in [0.3, 0.4) is 0 Å². The molecule has 0 bridgehead atoms. The maximum Gasteiger partial charge on any atom is 0.418 e. The smallest absolute Gasteiger partial charge is 0.418 e. The fourth-order valence-corrected chi connectivity index (χ4v) is 1.25. The number of halogens is 5. The molecule has 1 nitrogen and oxygen atoms in total. The van der Waals surface area contributed by atoms with E-state index in [9.17, 15) is 22.0 Å². The van der Waals surface area contributed by atoms with Crippen LogP contribution in [-0.2, 0) is 0 Å². The number of hydrogen-bond donors (Lipinski definition) is 1. The fraction of sp³-hybridized carbons (Fsp3) is 0.0526. The van der Waals surface area contributed by atoms with Gasteiger partial charge >= 0.3 is 6.18 Å². The van der Waals surface area contributed by atoms with Gasteiger partial charge in [0.2, 0.25) is 0 Å². The Balaban J connectivity index is 5.25. The van der Waals surface area contributed by atoms with Crippen molar-refractivity contribution >= 4 is 0 Å². The summed E-state index contributed by atoms with van der Waals surface area (Å²) in [4.78, 5) is 0. The Morgan fingerprint density at radius 3 is 1.64 bits per heavy atom. The van der Waals surface area contributed by atoms with E-state index < -0.39 is 34.5 Å². The van der Waals surface area contributed by atoms with Crippen molar-refractivity contribution < 1.29 is 27.1 Å². The van der Waals surface area contributed by atoms with Crippen molar-refractivity contribution in [2.75, 3.05) is 0 Å². The van der Waals surface area contributed by atoms with Crippen molar-refractivity contribution in [3.05, 3.63) is 109 Å². The Hall–Kier alpha value is -2.89. The highest BCUT2D eigenvalue weighted by Gasteiger charge is 2.34. The third-order valence-electron chi connectivity index (χ3n) is 2.80. The van der Waals surface area contributed by atoms with E-state index in [2.05, 4.69) is 39.5 Å². The number of rotatable bonds is 8. The topological polar surface area (TPSA) is 20.2 Å². The van der Waals surface area contributed by atoms with Gasteiger partial charge in [0.05, 0.1) is 5.57 Å². The van der Waals surface area contributed by atoms with E-state index in [4.69, 9.17) is 5.11 Å². The van der Waals surface area contributed by atoms with Gasteiger partial charge in [-0.05, 0) is 34.9 Å². The first kappa shape index (κ1) is 22.1. The summed E-state index contributed by atoms with van der Waals surface area (Å²) < 4.78 is 64.5. The molecule has 0 aromatic heterocycles. The summed E-state index contributed by atoms with van der Waals surface area (Å²) in [5.74, 6) is -2.94. The summed E-state index contributed by atoms with van der Waals surface area (Å²) in [6, 6.07) is 0. The first-order chi connectivity index (χ1) is 11.3. The van der Waals surface area contributed by atoms with Gasteiger partial charge in [-0.3, -0.25) is 0 Å². The van der Waals surface area contributed by atoms with Crippen LogP contribution in [-0.4, -0.2) is 11.3 Å². The lowest BCUT2D eigenvalue weighted by Gasteiger charge is -2.09. The lowest BCUT2D eigenvalue weighted by Crippen LogP contribution is -2.11. The standard InChI is InChI=1S/C19H17F5O/c1-11(7-8-14(4)25)12(2)9-17(20)15(5)13(3)10-18(21)16(6)19(22,23)24/h7-10,25H,1-6H2/b8-7-,17-9+,18-10+. The van der Waals surface area contributed by atoms with Crippen LogP contribution in [0, 0.1) is 0 Å². The van der Waals surface area contributed by atoms with Crippen LogP contribution in [0.4, 0.5) is 22.0 Å². The Kier molecular flexibility index (Phi) is 7.80. The Morgan fingerprint density at radius 2 is 1.20 bits per heavy atom. The minimum absolute atomic E-state index is 0.0908. The van der Waals surface area contributed by atoms with Crippen molar-refractivity contribution in [3.8, 4) is 0 Å². The summed E-state index contributed by atoms with van der Waals surface area (Å²) >= 11 is 0. The molecule has 134 valence electrons. The Labute approximate surface area is 143 Å². The van der Waals surface area contributed by atoms with Crippen molar-refractivity contribution in [1.82, 2.24) is 0 Å². The maximum absolute atomic E-state index is 14.1. The number of aliphatic hydroxyl groups excluding tert-OH is 1. The van der Waals surface area contributed by atoms with Gasteiger partial charge in [0, 0.05) is 5.57 Å². The van der Waals surface area contributed by atoms with Gasteiger partial charge < -0.3 is 5.11 Å². The monoisotopic (exact) mass is 356 g/mol. The minimum atomic E-state index is -4.95. The molecule has 0 aliphatic carbocycles. The van der Waals surface area contributed by atoms with E-state index in [-0.39, 0.29) is 16.9 Å². The summed E-state index contributed by atoms with van der Waals surface area (Å²) in [6.45, 7) is 19.5. The van der Waals surface area contributed by atoms with Crippen molar-refractivity contribution in [1.29, 1.82) is 0 Å². The van der Waals surface area contributed by atoms with Crippen molar-refractivity contribution in [3.63, 3.8) is 0 Å². The zero-order chi connectivity index (χ0) is 19.9. The largest absolute Gasteiger partial charge is 0.509 e. The summed E-state index contributed by atoms with van der Waals surface area (Å²) in [5.41, 5.74) is -2.23. The molecule has 0 heterocycles. The third-order valence-corrected chi connectivity index (χ3v) is 2.80. The normalized spacial score (nSPS) is 12.8. The molecule has 0 aromatic carbocycles. The van der Waals surface area contributed by atoms with E-state index in [0.29, 0.717) is 6.08 Å². The molecule has 0 radical (unpaired) electrons. The number of aliphatic hydroxyl groups is 1. The van der Waals surface area contributed by atoms with E-state index in [0.717, 1.165) is 6.08 Å². The number of hydrogen-bond acceptors (Lipinski definition) is 1. The molecule has 0 aromatic rings. The van der Waals surface area contributed by atoms with Crippen LogP contribution in [0.15, 0.2) is 109 Å². The first-order valence-electron chi connectivity index (χ1n) is 6.61. The highest BCUT2D eigenvalue weighted by atomic mass is 19.4. The molecular weight excluding hydrogens is 339 g/mol. The lowest BCUT2D eigenvalue weighted by molar-refractivity contribution is -0.0906. The van der Waals surface area contributed by atoms with Crippen LogP contribution in [0.25, 0.3) is 0 Å². The second-order valence-electron chi connectivity index (χ2n) is 4.84. The third kappa shape index (κ3) is 7.48. The van der Waals surface area contributed by atoms with E-state index >= 15 is 0 Å². The van der Waals surface area contributed by atoms with Crippen LogP contribution in [0.2, 0.25) is 0 Å². The predicted molar refractivity (Wildman–Crippen MR) is 91.0 cm³/mol. The predicted octanol–water partition coefficient (Wildman–Crippen LogP) is 6.66. The number of alkyl halides is 3. The van der Waals surface area contributed by atoms with Crippen LogP contribution in [0.1, 0.15) is 0 Å².